The molecule has 16 heavy (non-hydrogen) atoms. The van der Waals surface area contributed by atoms with Gasteiger partial charge in [-0.25, -0.2) is 4.79 Å². The summed E-state index contributed by atoms with van der Waals surface area (Å²) in [6.07, 6.45) is 0.893. The summed E-state index contributed by atoms with van der Waals surface area (Å²) in [7, 11) is 0. The average Bonchev–Trinajstić information content (AvgIpc) is 2.09. The van der Waals surface area contributed by atoms with Crippen LogP contribution in [0.1, 0.15) is 47.5 Å². The van der Waals surface area contributed by atoms with Crippen LogP contribution in [0.25, 0.3) is 0 Å². The fourth-order valence-corrected chi connectivity index (χ4v) is 1.89. The number of carbonyl (C=O) groups is 2. The average molecular weight is 227 g/mol. The molecular weight excluding hydrogens is 206 g/mol. The molecule has 1 heterocycles. The van der Waals surface area contributed by atoms with Crippen molar-refractivity contribution in [1.82, 2.24) is 4.90 Å². The molecule has 0 aliphatic carbocycles. The molecule has 0 radical (unpaired) electrons. The number of amides is 1. The zero-order valence-corrected chi connectivity index (χ0v) is 10.7. The van der Waals surface area contributed by atoms with Gasteiger partial charge >= 0.3 is 6.09 Å². The van der Waals surface area contributed by atoms with Crippen molar-refractivity contribution in [2.24, 2.45) is 0 Å². The third-order valence-corrected chi connectivity index (χ3v) is 2.77. The molecule has 1 aliphatic rings. The summed E-state index contributed by atoms with van der Waals surface area (Å²) in [5, 5.41) is 0. The fraction of sp³-hybridized carbons (Fsp3) is 0.833. The van der Waals surface area contributed by atoms with Gasteiger partial charge in [-0.2, -0.15) is 0 Å². The Morgan fingerprint density at radius 1 is 1.38 bits per heavy atom. The molecule has 92 valence electrons. The predicted octanol–water partition coefficient (Wildman–Crippen LogP) is 2.36. The Kier molecular flexibility index (Phi) is 3.61. The molecule has 1 saturated heterocycles. The largest absolute Gasteiger partial charge is 0.444 e. The van der Waals surface area contributed by atoms with Crippen LogP contribution in [0.2, 0.25) is 0 Å². The van der Waals surface area contributed by atoms with E-state index in [0.29, 0.717) is 6.42 Å². The van der Waals surface area contributed by atoms with Gasteiger partial charge < -0.3 is 4.74 Å². The van der Waals surface area contributed by atoms with Crippen LogP contribution in [-0.2, 0) is 9.53 Å². The topological polar surface area (TPSA) is 46.6 Å². The molecule has 4 heteroatoms. The van der Waals surface area contributed by atoms with Crippen LogP contribution in [0.3, 0.4) is 0 Å². The van der Waals surface area contributed by atoms with E-state index in [1.165, 1.54) is 0 Å². The maximum atomic E-state index is 11.9. The van der Waals surface area contributed by atoms with Crippen molar-refractivity contribution in [3.8, 4) is 0 Å². The van der Waals surface area contributed by atoms with E-state index in [1.54, 1.807) is 11.8 Å². The van der Waals surface area contributed by atoms with E-state index >= 15 is 0 Å². The Morgan fingerprint density at radius 3 is 2.44 bits per heavy atom. The molecule has 0 N–H and O–H groups in total. The van der Waals surface area contributed by atoms with Crippen molar-refractivity contribution in [3.63, 3.8) is 0 Å². The fourth-order valence-electron chi connectivity index (χ4n) is 1.89. The standard InChI is InChI=1S/C12H21NO3/c1-8-6-7-10(14)9(2)13(8)11(15)16-12(3,4)5/h8-9H,6-7H2,1-5H3. The number of rotatable bonds is 0. The number of hydrogen-bond donors (Lipinski definition) is 0. The summed E-state index contributed by atoms with van der Waals surface area (Å²) >= 11 is 0. The van der Waals surface area contributed by atoms with Crippen molar-refractivity contribution >= 4 is 11.9 Å². The van der Waals surface area contributed by atoms with Crippen LogP contribution in [0.4, 0.5) is 4.79 Å². The highest BCUT2D eigenvalue weighted by Crippen LogP contribution is 2.22. The lowest BCUT2D eigenvalue weighted by molar-refractivity contribution is -0.127. The Labute approximate surface area is 96.9 Å². The Morgan fingerprint density at radius 2 is 1.94 bits per heavy atom. The molecule has 1 rings (SSSR count). The first-order valence-electron chi connectivity index (χ1n) is 5.76. The number of likely N-dealkylation sites (tertiary alicyclic amines) is 1. The number of ketones is 1. The Balaban J connectivity index is 2.76. The third-order valence-electron chi connectivity index (χ3n) is 2.77. The van der Waals surface area contributed by atoms with Crippen molar-refractivity contribution in [2.45, 2.75) is 65.1 Å². The van der Waals surface area contributed by atoms with Crippen molar-refractivity contribution < 1.29 is 14.3 Å². The van der Waals surface area contributed by atoms with Gasteiger partial charge in [0.05, 0.1) is 6.04 Å². The van der Waals surface area contributed by atoms with Crippen LogP contribution < -0.4 is 0 Å². The Bertz CT molecular complexity index is 293. The molecule has 4 nitrogen and oxygen atoms in total. The molecule has 0 saturated carbocycles. The smallest absolute Gasteiger partial charge is 0.411 e. The van der Waals surface area contributed by atoms with Gasteiger partial charge in [-0.15, -0.1) is 0 Å². The second-order valence-corrected chi connectivity index (χ2v) is 5.42. The Hall–Kier alpha value is -1.06. The minimum atomic E-state index is -0.517. The molecule has 0 aromatic carbocycles. The number of Topliss-reactive ketones (excluding diaryl/α,β-unsaturated/α-hetero) is 1. The predicted molar refractivity (Wildman–Crippen MR) is 61.2 cm³/mol. The van der Waals surface area contributed by atoms with Crippen LogP contribution in [0.15, 0.2) is 0 Å². The molecule has 0 aromatic heterocycles. The summed E-state index contributed by atoms with van der Waals surface area (Å²) in [5.41, 5.74) is -0.517. The van der Waals surface area contributed by atoms with Gasteiger partial charge in [0.15, 0.2) is 5.78 Å². The zero-order chi connectivity index (χ0) is 12.5. The first-order valence-corrected chi connectivity index (χ1v) is 5.76. The first-order chi connectivity index (χ1) is 7.22. The normalized spacial score (nSPS) is 26.8. The van der Waals surface area contributed by atoms with Gasteiger partial charge in [0.2, 0.25) is 0 Å². The summed E-state index contributed by atoms with van der Waals surface area (Å²) in [6, 6.07) is -0.291. The van der Waals surface area contributed by atoms with E-state index in [-0.39, 0.29) is 24.0 Å². The van der Waals surface area contributed by atoms with E-state index in [2.05, 4.69) is 0 Å². The number of nitrogens with zero attached hydrogens (tertiary/aromatic N) is 1. The molecule has 0 bridgehead atoms. The summed E-state index contributed by atoms with van der Waals surface area (Å²) in [5.74, 6) is 0.115. The van der Waals surface area contributed by atoms with Crippen molar-refractivity contribution in [3.05, 3.63) is 0 Å². The van der Waals surface area contributed by atoms with E-state index in [9.17, 15) is 9.59 Å². The molecule has 0 spiro atoms. The van der Waals surface area contributed by atoms with Crippen molar-refractivity contribution in [1.29, 1.82) is 0 Å². The third kappa shape index (κ3) is 2.97. The van der Waals surface area contributed by atoms with Gasteiger partial charge in [-0.3, -0.25) is 9.69 Å². The summed E-state index contributed by atoms with van der Waals surface area (Å²) in [4.78, 5) is 25.1. The molecular formula is C12H21NO3. The summed E-state index contributed by atoms with van der Waals surface area (Å²) < 4.78 is 5.30. The molecule has 1 amide bonds. The number of carbonyl (C=O) groups excluding carboxylic acids is 2. The maximum Gasteiger partial charge on any atom is 0.411 e. The van der Waals surface area contributed by atoms with E-state index in [1.807, 2.05) is 27.7 Å². The maximum absolute atomic E-state index is 11.9. The van der Waals surface area contributed by atoms with Gasteiger partial charge in [0.1, 0.15) is 5.60 Å². The SMILES string of the molecule is CC1CCC(=O)C(C)N1C(=O)OC(C)(C)C. The van der Waals surface area contributed by atoms with Gasteiger partial charge in [0, 0.05) is 12.5 Å². The lowest BCUT2D eigenvalue weighted by Crippen LogP contribution is -2.53. The number of piperidine rings is 1. The highest BCUT2D eigenvalue weighted by molar-refractivity contribution is 5.88. The van der Waals surface area contributed by atoms with E-state index in [0.717, 1.165) is 6.42 Å². The van der Waals surface area contributed by atoms with E-state index < -0.39 is 5.60 Å². The molecule has 0 aromatic rings. The van der Waals surface area contributed by atoms with Gasteiger partial charge in [-0.05, 0) is 41.0 Å². The van der Waals surface area contributed by atoms with Crippen molar-refractivity contribution in [2.75, 3.05) is 0 Å². The monoisotopic (exact) mass is 227 g/mol. The lowest BCUT2D eigenvalue weighted by atomic mass is 9.97. The second-order valence-electron chi connectivity index (χ2n) is 5.42. The van der Waals surface area contributed by atoms with Gasteiger partial charge in [0.25, 0.3) is 0 Å². The minimum Gasteiger partial charge on any atom is -0.444 e. The van der Waals surface area contributed by atoms with Gasteiger partial charge in [-0.1, -0.05) is 0 Å². The van der Waals surface area contributed by atoms with E-state index in [4.69, 9.17) is 4.74 Å². The summed E-state index contributed by atoms with van der Waals surface area (Å²) in [6.45, 7) is 9.19. The molecule has 1 fully saturated rings. The second kappa shape index (κ2) is 4.44. The highest BCUT2D eigenvalue weighted by Gasteiger charge is 2.36. The number of ether oxygens (including phenoxy) is 1. The molecule has 2 atom stereocenters. The molecule has 2 unspecified atom stereocenters. The first kappa shape index (κ1) is 13.0. The van der Waals surface area contributed by atoms with Crippen LogP contribution >= 0.6 is 0 Å². The lowest BCUT2D eigenvalue weighted by Gasteiger charge is -2.38. The molecule has 1 aliphatic heterocycles. The van der Waals surface area contributed by atoms with Crippen LogP contribution in [0.5, 0.6) is 0 Å². The number of hydrogen-bond acceptors (Lipinski definition) is 3. The van der Waals surface area contributed by atoms with Crippen LogP contribution in [0, 0.1) is 0 Å². The van der Waals surface area contributed by atoms with Crippen LogP contribution in [-0.4, -0.2) is 34.5 Å². The quantitative estimate of drug-likeness (QED) is 0.638. The minimum absolute atomic E-state index is 0.0718. The zero-order valence-electron chi connectivity index (χ0n) is 10.7. The highest BCUT2D eigenvalue weighted by atomic mass is 16.6.